The maximum atomic E-state index is 5.11. The molecule has 0 aliphatic heterocycles. The summed E-state index contributed by atoms with van der Waals surface area (Å²) in [6, 6.07) is 10.2. The Hall–Kier alpha value is -2.54. The lowest BCUT2D eigenvalue weighted by Gasteiger charge is -2.18. The number of nitrogens with zero attached hydrogens (tertiary/aromatic N) is 5. The van der Waals surface area contributed by atoms with Crippen LogP contribution in [0.25, 0.3) is 11.2 Å². The van der Waals surface area contributed by atoms with E-state index in [4.69, 9.17) is 9.72 Å². The first kappa shape index (κ1) is 17.3. The van der Waals surface area contributed by atoms with E-state index in [1.807, 2.05) is 22.9 Å². The van der Waals surface area contributed by atoms with Crippen molar-refractivity contribution in [3.05, 3.63) is 41.7 Å². The number of benzene rings is 1. The van der Waals surface area contributed by atoms with E-state index >= 15 is 0 Å². The molecule has 0 spiro atoms. The Kier molecular flexibility index (Phi) is 4.94. The number of ether oxygens (including phenoxy) is 1. The fraction of sp³-hybridized carbons (Fsp3) is 0.444. The Bertz CT molecular complexity index is 838. The second-order valence-corrected chi connectivity index (χ2v) is 6.97. The lowest BCUT2D eigenvalue weighted by molar-refractivity contribution is 0.210. The molecule has 0 aliphatic rings. The zero-order valence-electron chi connectivity index (χ0n) is 15.2. The lowest BCUT2D eigenvalue weighted by atomic mass is 9.96. The molecule has 1 N–H and O–H groups in total. The Labute approximate surface area is 147 Å². The molecule has 0 saturated heterocycles. The van der Waals surface area contributed by atoms with E-state index < -0.39 is 0 Å². The molecular weight excluding hydrogens is 316 g/mol. The molecule has 3 rings (SSSR count). The predicted molar refractivity (Wildman–Crippen MR) is 97.7 cm³/mol. The van der Waals surface area contributed by atoms with Crippen LogP contribution in [0.2, 0.25) is 0 Å². The molecule has 0 bridgehead atoms. The molecule has 0 radical (unpaired) electrons. The maximum Gasteiger partial charge on any atom is 0.184 e. The number of aromatic nitrogens is 5. The van der Waals surface area contributed by atoms with Gasteiger partial charge in [-0.05, 0) is 5.56 Å². The molecule has 0 atom stereocenters. The molecule has 3 aromatic rings. The zero-order valence-corrected chi connectivity index (χ0v) is 15.2. The van der Waals surface area contributed by atoms with Crippen molar-refractivity contribution in [1.82, 2.24) is 25.0 Å². The van der Waals surface area contributed by atoms with Crippen molar-refractivity contribution in [3.63, 3.8) is 0 Å². The summed E-state index contributed by atoms with van der Waals surface area (Å²) in [6.45, 7) is 8.15. The summed E-state index contributed by atoms with van der Waals surface area (Å²) in [5.74, 6) is 1.46. The number of nitrogens with one attached hydrogen (secondary N) is 1. The van der Waals surface area contributed by atoms with Crippen LogP contribution >= 0.6 is 0 Å². The van der Waals surface area contributed by atoms with Crippen molar-refractivity contribution >= 4 is 17.0 Å². The fourth-order valence-electron chi connectivity index (χ4n) is 2.45. The van der Waals surface area contributed by atoms with Crippen LogP contribution in [0.5, 0.6) is 0 Å². The van der Waals surface area contributed by atoms with E-state index in [-0.39, 0.29) is 5.41 Å². The zero-order chi connectivity index (χ0) is 17.9. The summed E-state index contributed by atoms with van der Waals surface area (Å²) in [7, 11) is 1.67. The van der Waals surface area contributed by atoms with Gasteiger partial charge in [-0.25, -0.2) is 14.6 Å². The molecule has 0 saturated carbocycles. The van der Waals surface area contributed by atoms with E-state index in [1.54, 1.807) is 7.11 Å². The van der Waals surface area contributed by atoms with Crippen LogP contribution in [0.4, 0.5) is 5.82 Å². The Morgan fingerprint density at radius 2 is 1.88 bits per heavy atom. The highest BCUT2D eigenvalue weighted by Crippen LogP contribution is 2.25. The highest BCUT2D eigenvalue weighted by molar-refractivity contribution is 5.82. The number of hydrogen-bond donors (Lipinski definition) is 1. The van der Waals surface area contributed by atoms with Gasteiger partial charge in [-0.15, -0.1) is 5.10 Å². The first-order valence-corrected chi connectivity index (χ1v) is 8.37. The van der Waals surface area contributed by atoms with Crippen LogP contribution < -0.4 is 5.32 Å². The molecular formula is C18H24N6O. The lowest BCUT2D eigenvalue weighted by Crippen LogP contribution is -2.19. The summed E-state index contributed by atoms with van der Waals surface area (Å²) >= 11 is 0. The van der Waals surface area contributed by atoms with Gasteiger partial charge < -0.3 is 10.1 Å². The van der Waals surface area contributed by atoms with E-state index in [9.17, 15) is 0 Å². The summed E-state index contributed by atoms with van der Waals surface area (Å²) in [5, 5.41) is 11.9. The maximum absolute atomic E-state index is 5.11. The Morgan fingerprint density at radius 1 is 1.12 bits per heavy atom. The average Bonchev–Trinajstić information content (AvgIpc) is 2.98. The minimum atomic E-state index is -0.173. The van der Waals surface area contributed by atoms with Crippen LogP contribution in [0.1, 0.15) is 32.2 Å². The van der Waals surface area contributed by atoms with Crippen LogP contribution in [0, 0.1) is 0 Å². The number of methoxy groups -OCH3 is 1. The largest absolute Gasteiger partial charge is 0.383 e. The second kappa shape index (κ2) is 7.14. The number of rotatable bonds is 6. The van der Waals surface area contributed by atoms with Crippen molar-refractivity contribution < 1.29 is 4.74 Å². The SMILES string of the molecule is COCCNc1nc(C(C)(C)C)nc2c1nnn2Cc1ccccc1. The molecule has 2 aromatic heterocycles. The van der Waals surface area contributed by atoms with E-state index in [0.29, 0.717) is 31.0 Å². The highest BCUT2D eigenvalue weighted by Gasteiger charge is 2.22. The molecule has 0 fully saturated rings. The Balaban J connectivity index is 2.03. The smallest absolute Gasteiger partial charge is 0.184 e. The number of anilines is 1. The summed E-state index contributed by atoms with van der Waals surface area (Å²) in [6.07, 6.45) is 0. The number of hydrogen-bond acceptors (Lipinski definition) is 6. The van der Waals surface area contributed by atoms with Crippen molar-refractivity contribution in [1.29, 1.82) is 0 Å². The standard InChI is InChI=1S/C18H24N6O/c1-18(2,3)17-20-15(19-10-11-25-4)14-16(21-17)24(23-22-14)12-13-8-6-5-7-9-13/h5-9H,10-12H2,1-4H3,(H,19,20,21). The van der Waals surface area contributed by atoms with E-state index in [1.165, 1.54) is 0 Å². The van der Waals surface area contributed by atoms with Gasteiger partial charge in [0.15, 0.2) is 17.0 Å². The quantitative estimate of drug-likeness (QED) is 0.695. The minimum Gasteiger partial charge on any atom is -0.383 e. The van der Waals surface area contributed by atoms with Crippen LogP contribution in [-0.4, -0.2) is 45.2 Å². The molecule has 7 heteroatoms. The van der Waals surface area contributed by atoms with Gasteiger partial charge in [-0.3, -0.25) is 0 Å². The van der Waals surface area contributed by atoms with E-state index in [2.05, 4.69) is 53.5 Å². The van der Waals surface area contributed by atoms with Gasteiger partial charge in [0.1, 0.15) is 5.82 Å². The van der Waals surface area contributed by atoms with Gasteiger partial charge in [0, 0.05) is 19.1 Å². The Morgan fingerprint density at radius 3 is 2.56 bits per heavy atom. The molecule has 0 aliphatic carbocycles. The molecule has 7 nitrogen and oxygen atoms in total. The van der Waals surface area contributed by atoms with Gasteiger partial charge in [-0.1, -0.05) is 56.3 Å². The predicted octanol–water partition coefficient (Wildman–Crippen LogP) is 2.63. The molecule has 0 unspecified atom stereocenters. The third kappa shape index (κ3) is 3.93. The van der Waals surface area contributed by atoms with E-state index in [0.717, 1.165) is 17.0 Å². The van der Waals surface area contributed by atoms with Gasteiger partial charge in [-0.2, -0.15) is 0 Å². The van der Waals surface area contributed by atoms with Crippen molar-refractivity contribution in [3.8, 4) is 0 Å². The average molecular weight is 340 g/mol. The fourth-order valence-corrected chi connectivity index (χ4v) is 2.45. The third-order valence-electron chi connectivity index (χ3n) is 3.81. The topological polar surface area (TPSA) is 77.8 Å². The van der Waals surface area contributed by atoms with Crippen molar-refractivity contribution in [2.24, 2.45) is 0 Å². The summed E-state index contributed by atoms with van der Waals surface area (Å²) in [4.78, 5) is 9.42. The molecule has 1 aromatic carbocycles. The van der Waals surface area contributed by atoms with Crippen LogP contribution in [-0.2, 0) is 16.7 Å². The molecule has 132 valence electrons. The van der Waals surface area contributed by atoms with Gasteiger partial charge in [0.05, 0.1) is 13.2 Å². The minimum absolute atomic E-state index is 0.173. The van der Waals surface area contributed by atoms with Crippen LogP contribution in [0.15, 0.2) is 30.3 Å². The van der Waals surface area contributed by atoms with Crippen molar-refractivity contribution in [2.45, 2.75) is 32.7 Å². The first-order chi connectivity index (χ1) is 12.0. The van der Waals surface area contributed by atoms with Crippen LogP contribution in [0.3, 0.4) is 0 Å². The number of fused-ring (bicyclic) bond motifs is 1. The summed E-state index contributed by atoms with van der Waals surface area (Å²) < 4.78 is 6.93. The monoisotopic (exact) mass is 340 g/mol. The van der Waals surface area contributed by atoms with Gasteiger partial charge in [0.2, 0.25) is 0 Å². The second-order valence-electron chi connectivity index (χ2n) is 6.97. The summed E-state index contributed by atoms with van der Waals surface area (Å²) in [5.41, 5.74) is 2.40. The van der Waals surface area contributed by atoms with Gasteiger partial charge in [0.25, 0.3) is 0 Å². The molecule has 0 amide bonds. The molecule has 2 heterocycles. The van der Waals surface area contributed by atoms with Crippen molar-refractivity contribution in [2.75, 3.05) is 25.6 Å². The third-order valence-corrected chi connectivity index (χ3v) is 3.81. The van der Waals surface area contributed by atoms with Gasteiger partial charge >= 0.3 is 0 Å². The molecule has 25 heavy (non-hydrogen) atoms. The first-order valence-electron chi connectivity index (χ1n) is 8.37. The normalized spacial score (nSPS) is 11.8. The highest BCUT2D eigenvalue weighted by atomic mass is 16.5.